The Morgan fingerprint density at radius 3 is 2.68 bits per heavy atom. The molecule has 4 saturated heterocycles. The van der Waals surface area contributed by atoms with Crippen LogP contribution in [0.2, 0.25) is 0 Å². The molecule has 7 nitrogen and oxygen atoms in total. The normalized spacial score (nSPS) is 27.7. The lowest BCUT2D eigenvalue weighted by atomic mass is 9.95. The van der Waals surface area contributed by atoms with Crippen molar-refractivity contribution < 1.29 is 18.6 Å². The molecule has 2 N–H and O–H groups in total. The van der Waals surface area contributed by atoms with Crippen molar-refractivity contribution in [2.75, 3.05) is 37.7 Å². The maximum absolute atomic E-state index is 16.6. The van der Waals surface area contributed by atoms with E-state index in [1.807, 2.05) is 30.3 Å². The summed E-state index contributed by atoms with van der Waals surface area (Å²) < 4.78 is 37.3. The molecule has 4 aromatic rings. The predicted octanol–water partition coefficient (Wildman–Crippen LogP) is 5.19. The van der Waals surface area contributed by atoms with Crippen molar-refractivity contribution in [3.63, 3.8) is 0 Å². The lowest BCUT2D eigenvalue weighted by Gasteiger charge is -2.34. The molecule has 4 atom stereocenters. The van der Waals surface area contributed by atoms with Crippen molar-refractivity contribution in [2.24, 2.45) is 0 Å². The van der Waals surface area contributed by atoms with Crippen LogP contribution in [-0.4, -0.2) is 76.6 Å². The highest BCUT2D eigenvalue weighted by molar-refractivity contribution is 6.01. The third kappa shape index (κ3) is 4.20. The number of aromatic hydroxyl groups is 1. The molecule has 212 valence electrons. The van der Waals surface area contributed by atoms with Crippen LogP contribution in [-0.2, 0) is 0 Å². The molecule has 4 aliphatic heterocycles. The molecule has 0 aliphatic carbocycles. The first-order valence-electron chi connectivity index (χ1n) is 14.7. The lowest BCUT2D eigenvalue weighted by molar-refractivity contribution is 0.107. The average Bonchev–Trinajstić information content (AvgIpc) is 3.61. The van der Waals surface area contributed by atoms with Gasteiger partial charge in [-0.1, -0.05) is 30.3 Å². The number of nitrogens with zero attached hydrogens (tertiary/aromatic N) is 4. The van der Waals surface area contributed by atoms with E-state index in [-0.39, 0.29) is 29.4 Å². The van der Waals surface area contributed by atoms with Gasteiger partial charge in [0.15, 0.2) is 5.82 Å². The van der Waals surface area contributed by atoms with E-state index in [2.05, 4.69) is 20.1 Å². The topological polar surface area (TPSA) is 73.8 Å². The van der Waals surface area contributed by atoms with Crippen molar-refractivity contribution in [1.29, 1.82) is 0 Å². The molecule has 0 saturated carbocycles. The first kappa shape index (κ1) is 25.2. The summed E-state index contributed by atoms with van der Waals surface area (Å²) in [5.74, 6) is 0.269. The van der Waals surface area contributed by atoms with E-state index in [0.29, 0.717) is 47.4 Å². The smallest absolute Gasteiger partial charge is 0.319 e. The van der Waals surface area contributed by atoms with Gasteiger partial charge < -0.3 is 20.1 Å². The van der Waals surface area contributed by atoms with Gasteiger partial charge in [-0.15, -0.1) is 0 Å². The highest BCUT2D eigenvalue weighted by atomic mass is 19.1. The number of phenols is 1. The third-order valence-corrected chi connectivity index (χ3v) is 9.65. The minimum Gasteiger partial charge on any atom is -0.508 e. The number of hydrogen-bond donors (Lipinski definition) is 2. The second-order valence-corrected chi connectivity index (χ2v) is 12.3. The van der Waals surface area contributed by atoms with Crippen LogP contribution in [0, 0.1) is 5.82 Å². The summed E-state index contributed by atoms with van der Waals surface area (Å²) in [6.45, 7) is 3.15. The second kappa shape index (κ2) is 9.49. The first-order valence-corrected chi connectivity index (χ1v) is 14.7. The van der Waals surface area contributed by atoms with E-state index in [0.717, 1.165) is 56.1 Å². The van der Waals surface area contributed by atoms with Crippen molar-refractivity contribution in [3.05, 3.63) is 54.3 Å². The molecule has 4 aliphatic rings. The number of fused-ring (bicyclic) bond motifs is 5. The summed E-state index contributed by atoms with van der Waals surface area (Å²) in [6.07, 6.45) is 3.69. The Bertz CT molecular complexity index is 1650. The molecule has 0 radical (unpaired) electrons. The Morgan fingerprint density at radius 2 is 1.83 bits per heavy atom. The second-order valence-electron chi connectivity index (χ2n) is 12.3. The van der Waals surface area contributed by atoms with Crippen LogP contribution < -0.4 is 15.0 Å². The number of ether oxygens (including phenoxy) is 1. The summed E-state index contributed by atoms with van der Waals surface area (Å²) in [5.41, 5.74) is 0.796. The Kier molecular flexibility index (Phi) is 5.83. The van der Waals surface area contributed by atoms with E-state index in [1.165, 1.54) is 0 Å². The van der Waals surface area contributed by atoms with E-state index < -0.39 is 12.0 Å². The summed E-state index contributed by atoms with van der Waals surface area (Å²) in [5, 5.41) is 16.4. The van der Waals surface area contributed by atoms with E-state index in [9.17, 15) is 9.50 Å². The minimum atomic E-state index is -0.861. The van der Waals surface area contributed by atoms with Crippen molar-refractivity contribution >= 4 is 27.5 Å². The highest BCUT2D eigenvalue weighted by Crippen LogP contribution is 2.42. The number of aromatic nitrogens is 2. The summed E-state index contributed by atoms with van der Waals surface area (Å²) >= 11 is 0. The van der Waals surface area contributed by atoms with Gasteiger partial charge >= 0.3 is 6.01 Å². The molecule has 3 aromatic carbocycles. The van der Waals surface area contributed by atoms with Crippen molar-refractivity contribution in [2.45, 2.75) is 55.9 Å². The van der Waals surface area contributed by atoms with Crippen LogP contribution in [0.15, 0.2) is 48.5 Å². The van der Waals surface area contributed by atoms with Gasteiger partial charge in [0.25, 0.3) is 0 Å². The molecular formula is C32H33F2N5O2. The zero-order valence-corrected chi connectivity index (χ0v) is 22.8. The maximum atomic E-state index is 16.6. The molecule has 9 heteroatoms. The van der Waals surface area contributed by atoms with Crippen molar-refractivity contribution in [3.8, 4) is 22.9 Å². The van der Waals surface area contributed by atoms with E-state index in [4.69, 9.17) is 9.72 Å². The molecule has 0 unspecified atom stereocenters. The molecular weight excluding hydrogens is 524 g/mol. The van der Waals surface area contributed by atoms with Gasteiger partial charge in [0.2, 0.25) is 0 Å². The van der Waals surface area contributed by atoms with Crippen LogP contribution in [0.25, 0.3) is 32.8 Å². The number of nitrogens with one attached hydrogen (secondary N) is 1. The largest absolute Gasteiger partial charge is 0.508 e. The number of hydrogen-bond acceptors (Lipinski definition) is 7. The summed E-state index contributed by atoms with van der Waals surface area (Å²) in [6, 6.07) is 15.4. The highest BCUT2D eigenvalue weighted by Gasteiger charge is 2.49. The van der Waals surface area contributed by atoms with Gasteiger partial charge in [-0.3, -0.25) is 4.90 Å². The van der Waals surface area contributed by atoms with Gasteiger partial charge in [0.1, 0.15) is 29.9 Å². The third-order valence-electron chi connectivity index (χ3n) is 9.65. The zero-order chi connectivity index (χ0) is 27.7. The summed E-state index contributed by atoms with van der Waals surface area (Å²) in [7, 11) is 0. The van der Waals surface area contributed by atoms with Crippen LogP contribution >= 0.6 is 0 Å². The zero-order valence-electron chi connectivity index (χ0n) is 22.8. The van der Waals surface area contributed by atoms with E-state index >= 15 is 4.39 Å². The number of benzene rings is 3. The molecule has 41 heavy (non-hydrogen) atoms. The Morgan fingerprint density at radius 1 is 1.00 bits per heavy atom. The van der Waals surface area contributed by atoms with E-state index in [1.54, 1.807) is 18.2 Å². The van der Waals surface area contributed by atoms with Crippen LogP contribution in [0.5, 0.6) is 11.8 Å². The quantitative estimate of drug-likeness (QED) is 0.350. The molecule has 8 rings (SSSR count). The lowest BCUT2D eigenvalue weighted by Crippen LogP contribution is -2.51. The van der Waals surface area contributed by atoms with Crippen molar-refractivity contribution in [1.82, 2.24) is 20.2 Å². The SMILES string of the molecule is Oc1cc(-c2ccc3c(N4C[C@H]5CC[C@@H](C4)N5)nc(OC[C@]45CCCN4C[C@H](F)C5)nc3c2F)c2ccccc2c1. The Balaban J connectivity index is 1.24. The summed E-state index contributed by atoms with van der Waals surface area (Å²) in [4.78, 5) is 13.9. The average molecular weight is 558 g/mol. The van der Waals surface area contributed by atoms with Crippen LogP contribution in [0.3, 0.4) is 0 Å². The number of halogens is 2. The molecule has 4 fully saturated rings. The van der Waals surface area contributed by atoms with Crippen LogP contribution in [0.1, 0.15) is 32.1 Å². The number of anilines is 1. The van der Waals surface area contributed by atoms with Gasteiger partial charge in [0.05, 0.1) is 5.54 Å². The number of phenolic OH excluding ortho intramolecular Hbond substituents is 1. The van der Waals surface area contributed by atoms with Gasteiger partial charge in [0, 0.05) is 49.1 Å². The fraction of sp³-hybridized carbons (Fsp3) is 0.438. The number of alkyl halides is 1. The standard InChI is InChI=1S/C32H33F2N5O2/c33-20-14-32(10-3-11-39(32)15-20)18-41-31-36-29-26(30(37-31)38-16-21-6-7-22(17-38)35-21)9-8-25(28(29)34)27-13-23(40)12-19-4-1-2-5-24(19)27/h1-2,4-5,8-9,12-13,20-22,35,40H,3,6-7,10-11,14-18H2/t20-,21-,22+,32-/m1/s1. The number of piperazine rings is 1. The van der Waals surface area contributed by atoms with Gasteiger partial charge in [-0.05, 0) is 66.8 Å². The predicted molar refractivity (Wildman–Crippen MR) is 155 cm³/mol. The molecule has 1 aromatic heterocycles. The van der Waals surface area contributed by atoms with Gasteiger partial charge in [-0.25, -0.2) is 8.78 Å². The minimum absolute atomic E-state index is 0.0741. The van der Waals surface area contributed by atoms with Gasteiger partial charge in [-0.2, -0.15) is 9.97 Å². The fourth-order valence-corrected chi connectivity index (χ4v) is 7.77. The number of rotatable bonds is 5. The fourth-order valence-electron chi connectivity index (χ4n) is 7.77. The molecule has 5 heterocycles. The first-order chi connectivity index (χ1) is 20.0. The monoisotopic (exact) mass is 557 g/mol. The Labute approximate surface area is 237 Å². The molecule has 0 spiro atoms. The van der Waals surface area contributed by atoms with Crippen LogP contribution in [0.4, 0.5) is 14.6 Å². The molecule has 0 amide bonds. The molecule has 2 bridgehead atoms. The Hall–Kier alpha value is -3.56. The maximum Gasteiger partial charge on any atom is 0.319 e.